The van der Waals surface area contributed by atoms with E-state index in [1.165, 1.54) is 19.3 Å². The summed E-state index contributed by atoms with van der Waals surface area (Å²) in [5.41, 5.74) is 0. The standard InChI is InChI=1S/C5H12S.Sb/c1-2-3-4-5-6;/h6H,2-5H2,1H3;. The molecule has 0 amide bonds. The quantitative estimate of drug-likeness (QED) is 0.422. The second kappa shape index (κ2) is 10.2. The third kappa shape index (κ3) is 11.0. The zero-order valence-corrected chi connectivity index (χ0v) is 8.17. The molecule has 0 rings (SSSR count). The van der Waals surface area contributed by atoms with Crippen LogP contribution in [0.4, 0.5) is 0 Å². The van der Waals surface area contributed by atoms with Gasteiger partial charge in [-0.1, -0.05) is 19.8 Å². The zero-order valence-electron chi connectivity index (χ0n) is 4.72. The molecule has 0 heterocycles. The molecule has 0 nitrogen and oxygen atoms in total. The summed E-state index contributed by atoms with van der Waals surface area (Å²) in [7, 11) is 0. The topological polar surface area (TPSA) is 0 Å². The van der Waals surface area contributed by atoms with Gasteiger partial charge < -0.3 is 0 Å². The smallest absolute Gasteiger partial charge is 0 e. The largest absolute Gasteiger partial charge is 0.179 e. The van der Waals surface area contributed by atoms with E-state index in [9.17, 15) is 0 Å². The van der Waals surface area contributed by atoms with Gasteiger partial charge in [-0.3, -0.25) is 0 Å². The summed E-state index contributed by atoms with van der Waals surface area (Å²) in [4.78, 5) is 0. The Labute approximate surface area is 68.9 Å². The normalized spacial score (nSPS) is 7.71. The molecular formula is C5H12SSb. The third-order valence-corrected chi connectivity index (χ3v) is 1.08. The zero-order chi connectivity index (χ0) is 4.83. The average Bonchev–Trinajstić information content (AvgIpc) is 1.61. The minimum Gasteiger partial charge on any atom is -0.179 e. The van der Waals surface area contributed by atoms with Gasteiger partial charge in [0.25, 0.3) is 0 Å². The molecule has 0 saturated carbocycles. The molecule has 0 aliphatic carbocycles. The maximum absolute atomic E-state index is 4.05. The van der Waals surface area contributed by atoms with Crippen molar-refractivity contribution in [2.45, 2.75) is 26.2 Å². The van der Waals surface area contributed by atoms with Gasteiger partial charge in [0.15, 0.2) is 0 Å². The monoisotopic (exact) mass is 225 g/mol. The van der Waals surface area contributed by atoms with Crippen LogP contribution in [-0.2, 0) is 0 Å². The molecule has 0 aliphatic rings. The van der Waals surface area contributed by atoms with Crippen LogP contribution < -0.4 is 0 Å². The second-order valence-electron chi connectivity index (χ2n) is 1.43. The van der Waals surface area contributed by atoms with Gasteiger partial charge in [-0.25, -0.2) is 0 Å². The van der Waals surface area contributed by atoms with Crippen molar-refractivity contribution >= 4 is 37.1 Å². The van der Waals surface area contributed by atoms with Crippen molar-refractivity contribution in [1.82, 2.24) is 0 Å². The predicted molar refractivity (Wildman–Crippen MR) is 39.1 cm³/mol. The molecule has 0 aromatic carbocycles. The number of thiol groups is 1. The van der Waals surface area contributed by atoms with E-state index in [-0.39, 0.29) is 24.4 Å². The summed E-state index contributed by atoms with van der Waals surface area (Å²) in [5.74, 6) is 1.05. The van der Waals surface area contributed by atoms with Gasteiger partial charge in [0.05, 0.1) is 0 Å². The van der Waals surface area contributed by atoms with Gasteiger partial charge in [-0.2, -0.15) is 12.6 Å². The number of rotatable bonds is 3. The SMILES string of the molecule is CCCCCS.[Sb]. The van der Waals surface area contributed by atoms with Crippen LogP contribution in [0.2, 0.25) is 0 Å². The Morgan fingerprint density at radius 1 is 1.29 bits per heavy atom. The van der Waals surface area contributed by atoms with Crippen LogP contribution in [0.1, 0.15) is 26.2 Å². The molecule has 0 atom stereocenters. The van der Waals surface area contributed by atoms with Gasteiger partial charge in [0.1, 0.15) is 0 Å². The van der Waals surface area contributed by atoms with E-state index in [1.54, 1.807) is 0 Å². The molecule has 7 heavy (non-hydrogen) atoms. The fourth-order valence-electron chi connectivity index (χ4n) is 0.362. The van der Waals surface area contributed by atoms with Gasteiger partial charge in [-0.15, -0.1) is 0 Å². The van der Waals surface area contributed by atoms with Crippen LogP contribution in [0, 0.1) is 0 Å². The molecule has 2 heteroatoms. The summed E-state index contributed by atoms with van der Waals surface area (Å²) in [6.45, 7) is 2.20. The molecule has 0 unspecified atom stereocenters. The van der Waals surface area contributed by atoms with Crippen LogP contribution >= 0.6 is 12.6 Å². The molecule has 0 fully saturated rings. The molecular weight excluding hydrogens is 214 g/mol. The summed E-state index contributed by atoms with van der Waals surface area (Å²) in [5, 5.41) is 0. The van der Waals surface area contributed by atoms with Crippen molar-refractivity contribution in [2.75, 3.05) is 5.75 Å². The Hall–Kier alpha value is 1.17. The van der Waals surface area contributed by atoms with Crippen molar-refractivity contribution in [3.05, 3.63) is 0 Å². The van der Waals surface area contributed by atoms with Crippen LogP contribution in [0.25, 0.3) is 0 Å². The summed E-state index contributed by atoms with van der Waals surface area (Å²) in [6, 6.07) is 0. The van der Waals surface area contributed by atoms with E-state index in [4.69, 9.17) is 0 Å². The van der Waals surface area contributed by atoms with Gasteiger partial charge >= 0.3 is 0 Å². The van der Waals surface area contributed by atoms with Crippen molar-refractivity contribution in [2.24, 2.45) is 0 Å². The number of hydrogen-bond acceptors (Lipinski definition) is 1. The van der Waals surface area contributed by atoms with E-state index in [2.05, 4.69) is 19.6 Å². The fourth-order valence-corrected chi connectivity index (χ4v) is 0.585. The average molecular weight is 226 g/mol. The maximum Gasteiger partial charge on any atom is 0 e. The minimum absolute atomic E-state index is 0. The van der Waals surface area contributed by atoms with Crippen LogP contribution in [0.3, 0.4) is 0 Å². The van der Waals surface area contributed by atoms with Crippen molar-refractivity contribution in [1.29, 1.82) is 0 Å². The first kappa shape index (κ1) is 11.0. The first-order valence-corrected chi connectivity index (χ1v) is 3.16. The number of unbranched alkanes of at least 4 members (excludes halogenated alkanes) is 2. The molecule has 0 spiro atoms. The predicted octanol–water partition coefficient (Wildman–Crippen LogP) is 1.73. The summed E-state index contributed by atoms with van der Waals surface area (Å²) >= 11 is 4.05. The van der Waals surface area contributed by atoms with Gasteiger partial charge in [0.2, 0.25) is 0 Å². The third-order valence-electron chi connectivity index (χ3n) is 0.762. The Bertz CT molecular complexity index is 20.0. The molecule has 0 aromatic rings. The fraction of sp³-hybridized carbons (Fsp3) is 1.00. The van der Waals surface area contributed by atoms with E-state index in [0.29, 0.717) is 0 Å². The van der Waals surface area contributed by atoms with Gasteiger partial charge in [0, 0.05) is 24.4 Å². The van der Waals surface area contributed by atoms with Crippen LogP contribution in [0.5, 0.6) is 0 Å². The second-order valence-corrected chi connectivity index (χ2v) is 1.88. The van der Waals surface area contributed by atoms with Crippen molar-refractivity contribution in [3.8, 4) is 0 Å². The first-order chi connectivity index (χ1) is 2.91. The van der Waals surface area contributed by atoms with E-state index < -0.39 is 0 Å². The maximum atomic E-state index is 4.05. The van der Waals surface area contributed by atoms with Crippen molar-refractivity contribution < 1.29 is 0 Å². The van der Waals surface area contributed by atoms with E-state index in [0.717, 1.165) is 5.75 Å². The summed E-state index contributed by atoms with van der Waals surface area (Å²) < 4.78 is 0. The molecule has 0 aliphatic heterocycles. The van der Waals surface area contributed by atoms with E-state index >= 15 is 0 Å². The van der Waals surface area contributed by atoms with Crippen LogP contribution in [-0.4, -0.2) is 30.2 Å². The van der Waals surface area contributed by atoms with Gasteiger partial charge in [-0.05, 0) is 12.2 Å². The minimum atomic E-state index is 0. The Morgan fingerprint density at radius 3 is 2.00 bits per heavy atom. The van der Waals surface area contributed by atoms with Crippen LogP contribution in [0.15, 0.2) is 0 Å². The molecule has 43 valence electrons. The Morgan fingerprint density at radius 2 is 1.86 bits per heavy atom. The molecule has 0 N–H and O–H groups in total. The van der Waals surface area contributed by atoms with E-state index in [1.807, 2.05) is 0 Å². The Balaban J connectivity index is 0. The molecule has 0 saturated heterocycles. The van der Waals surface area contributed by atoms with Crippen molar-refractivity contribution in [3.63, 3.8) is 0 Å². The molecule has 0 aromatic heterocycles. The molecule has 3 radical (unpaired) electrons. The molecule has 0 bridgehead atoms. The summed E-state index contributed by atoms with van der Waals surface area (Å²) in [6.07, 6.45) is 3.92. The first-order valence-electron chi connectivity index (χ1n) is 2.52. The number of hydrogen-bond donors (Lipinski definition) is 1. The Kier molecular flexibility index (Phi) is 16.1.